The molecule has 2 heterocycles. The van der Waals surface area contributed by atoms with Gasteiger partial charge in [0, 0.05) is 46.4 Å². The first kappa shape index (κ1) is 19.3. The molecule has 1 aromatic heterocycles. The molecule has 1 aliphatic heterocycles. The van der Waals surface area contributed by atoms with Crippen molar-refractivity contribution < 1.29 is 4.79 Å². The summed E-state index contributed by atoms with van der Waals surface area (Å²) in [4.78, 5) is 29.7. The van der Waals surface area contributed by atoms with E-state index in [1.807, 2.05) is 74.8 Å². The van der Waals surface area contributed by atoms with Crippen LogP contribution in [0.1, 0.15) is 10.4 Å². The number of nitrogens with zero attached hydrogens (tertiary/aromatic N) is 2. The van der Waals surface area contributed by atoms with Crippen molar-refractivity contribution in [1.29, 1.82) is 0 Å². The number of rotatable bonds is 0. The van der Waals surface area contributed by atoms with E-state index in [-0.39, 0.29) is 23.2 Å². The van der Waals surface area contributed by atoms with Gasteiger partial charge in [0.25, 0.3) is 0 Å². The Morgan fingerprint density at radius 1 is 0.706 bits per heavy atom. The van der Waals surface area contributed by atoms with Crippen molar-refractivity contribution in [2.45, 2.75) is 6.04 Å². The molecule has 0 radical (unpaired) electrons. The lowest BCUT2D eigenvalue weighted by Gasteiger charge is -2.40. The van der Waals surface area contributed by atoms with Gasteiger partial charge in [-0.2, -0.15) is 0 Å². The highest BCUT2D eigenvalue weighted by Crippen LogP contribution is 2.39. The van der Waals surface area contributed by atoms with Crippen LogP contribution >= 0.6 is 0 Å². The van der Waals surface area contributed by atoms with Gasteiger partial charge >= 0.3 is 0 Å². The second-order valence-corrected chi connectivity index (χ2v) is 9.38. The summed E-state index contributed by atoms with van der Waals surface area (Å²) in [6, 6.07) is 24.0. The number of Topliss-reactive ketones (excluding diaryl/α,β-unsaturated/α-hetero) is 1. The van der Waals surface area contributed by atoms with Gasteiger partial charge in [0.2, 0.25) is 0 Å². The molecule has 4 aromatic carbocycles. The minimum Gasteiger partial charge on any atom is -0.366 e. The monoisotopic (exact) mass is 442 g/mol. The summed E-state index contributed by atoms with van der Waals surface area (Å²) in [5.41, 5.74) is 2.62. The molecule has 0 bridgehead atoms. The molecule has 34 heavy (non-hydrogen) atoms. The number of hydrogen-bond acceptors (Lipinski definition) is 3. The van der Waals surface area contributed by atoms with Gasteiger partial charge in [-0.1, -0.05) is 60.7 Å². The van der Waals surface area contributed by atoms with Crippen LogP contribution in [0.3, 0.4) is 0 Å². The van der Waals surface area contributed by atoms with Crippen molar-refractivity contribution >= 4 is 56.1 Å². The number of pyridine rings is 1. The summed E-state index contributed by atoms with van der Waals surface area (Å²) in [5.74, 6) is -0.236. The van der Waals surface area contributed by atoms with Crippen molar-refractivity contribution in [2.75, 3.05) is 11.9 Å². The molecule has 0 N–H and O–H groups in total. The SMILES string of the molecule is CN1c2c(ccc3ccccc23)C(=O)C2C=c3c(c(=O)c4ccc5ccccc5c4n3C)=CC21. The Morgan fingerprint density at radius 2 is 1.38 bits per heavy atom. The lowest BCUT2D eigenvalue weighted by atomic mass is 9.80. The standard InChI is InChI=1S/C30H22N2O2/c1-31-25-15-24-26(32(2)28-20-10-6-4-8-18(20)12-14-22(28)30(24)34)16-23(25)29(33)21-13-11-17-7-3-5-9-19(17)27(21)31/h3-16,23,25H,1-2H3. The number of aromatic nitrogens is 1. The Morgan fingerprint density at radius 3 is 2.18 bits per heavy atom. The topological polar surface area (TPSA) is 42.3 Å². The molecule has 2 atom stereocenters. The summed E-state index contributed by atoms with van der Waals surface area (Å²) in [6.45, 7) is 0. The van der Waals surface area contributed by atoms with E-state index in [2.05, 4.69) is 33.7 Å². The van der Waals surface area contributed by atoms with Gasteiger partial charge in [0.15, 0.2) is 11.2 Å². The number of hydrogen-bond donors (Lipinski definition) is 0. The highest BCUT2D eigenvalue weighted by atomic mass is 16.1. The van der Waals surface area contributed by atoms with Crippen LogP contribution in [0.4, 0.5) is 5.69 Å². The van der Waals surface area contributed by atoms with Crippen LogP contribution in [0.2, 0.25) is 0 Å². The predicted octanol–water partition coefficient (Wildman–Crippen LogP) is 3.74. The maximum atomic E-state index is 13.8. The number of aryl methyl sites for hydroxylation is 1. The molecule has 4 heteroatoms. The quantitative estimate of drug-likeness (QED) is 0.343. The lowest BCUT2D eigenvalue weighted by molar-refractivity contribution is 0.0940. The molecule has 2 unspecified atom stereocenters. The molecule has 0 fully saturated rings. The fraction of sp³-hybridized carbons (Fsp3) is 0.133. The molecule has 5 aromatic rings. The minimum absolute atomic E-state index is 0.0214. The number of carbonyl (C=O) groups excluding carboxylic acids is 1. The van der Waals surface area contributed by atoms with E-state index in [1.54, 1.807) is 0 Å². The van der Waals surface area contributed by atoms with Gasteiger partial charge in [-0.15, -0.1) is 0 Å². The third kappa shape index (κ3) is 2.37. The summed E-state index contributed by atoms with van der Waals surface area (Å²) < 4.78 is 2.09. The number of ketones is 1. The van der Waals surface area contributed by atoms with Crippen molar-refractivity contribution in [3.05, 3.63) is 99.2 Å². The van der Waals surface area contributed by atoms with Gasteiger partial charge in [0.1, 0.15) is 0 Å². The molecule has 1 aliphatic carbocycles. The molecule has 164 valence electrons. The average Bonchev–Trinajstić information content (AvgIpc) is 2.88. The number of carbonyl (C=O) groups is 1. The normalized spacial score (nSPS) is 18.9. The van der Waals surface area contributed by atoms with E-state index in [0.717, 1.165) is 43.7 Å². The fourth-order valence-electron chi connectivity index (χ4n) is 6.01. The zero-order valence-electron chi connectivity index (χ0n) is 18.9. The summed E-state index contributed by atoms with van der Waals surface area (Å²) in [6.07, 6.45) is 4.03. The Bertz CT molecular complexity index is 1900. The van der Waals surface area contributed by atoms with E-state index in [0.29, 0.717) is 10.6 Å². The van der Waals surface area contributed by atoms with Gasteiger partial charge in [-0.3, -0.25) is 9.59 Å². The highest BCUT2D eigenvalue weighted by Gasteiger charge is 2.39. The molecular weight excluding hydrogens is 420 g/mol. The predicted molar refractivity (Wildman–Crippen MR) is 139 cm³/mol. The van der Waals surface area contributed by atoms with Crippen LogP contribution in [0.5, 0.6) is 0 Å². The van der Waals surface area contributed by atoms with E-state index in [4.69, 9.17) is 0 Å². The Hall–Kier alpha value is -4.18. The number of anilines is 1. The zero-order chi connectivity index (χ0) is 23.1. The van der Waals surface area contributed by atoms with Crippen molar-refractivity contribution in [3.8, 4) is 0 Å². The summed E-state index contributed by atoms with van der Waals surface area (Å²) in [7, 11) is 4.03. The van der Waals surface area contributed by atoms with Crippen molar-refractivity contribution in [2.24, 2.45) is 13.0 Å². The first-order valence-corrected chi connectivity index (χ1v) is 11.6. The third-order valence-corrected chi connectivity index (χ3v) is 7.67. The smallest absolute Gasteiger partial charge is 0.196 e. The Kier molecular flexibility index (Phi) is 3.79. The molecule has 4 nitrogen and oxygen atoms in total. The molecule has 7 rings (SSSR count). The van der Waals surface area contributed by atoms with Crippen molar-refractivity contribution in [3.63, 3.8) is 0 Å². The minimum atomic E-state index is -0.343. The van der Waals surface area contributed by atoms with Crippen LogP contribution in [0.15, 0.2) is 77.6 Å². The summed E-state index contributed by atoms with van der Waals surface area (Å²) in [5, 5.41) is 6.51. The van der Waals surface area contributed by atoms with Crippen LogP contribution in [0.25, 0.3) is 44.6 Å². The first-order chi connectivity index (χ1) is 16.5. The molecule has 0 amide bonds. The van der Waals surface area contributed by atoms with Crippen LogP contribution < -0.4 is 20.9 Å². The highest BCUT2D eigenvalue weighted by molar-refractivity contribution is 6.15. The van der Waals surface area contributed by atoms with Crippen LogP contribution in [-0.2, 0) is 7.05 Å². The third-order valence-electron chi connectivity index (χ3n) is 7.67. The van der Waals surface area contributed by atoms with E-state index in [1.165, 1.54) is 0 Å². The van der Waals surface area contributed by atoms with Crippen molar-refractivity contribution in [1.82, 2.24) is 4.57 Å². The maximum Gasteiger partial charge on any atom is 0.196 e. The molecule has 0 spiro atoms. The van der Waals surface area contributed by atoms with Gasteiger partial charge in [0.05, 0.1) is 23.2 Å². The number of benzene rings is 4. The van der Waals surface area contributed by atoms with E-state index >= 15 is 0 Å². The molecule has 0 saturated heterocycles. The van der Waals surface area contributed by atoms with Crippen LogP contribution in [-0.4, -0.2) is 23.4 Å². The van der Waals surface area contributed by atoms with Gasteiger partial charge in [-0.05, 0) is 35.1 Å². The van der Waals surface area contributed by atoms with E-state index in [9.17, 15) is 9.59 Å². The second kappa shape index (κ2) is 6.67. The second-order valence-electron chi connectivity index (χ2n) is 9.38. The van der Waals surface area contributed by atoms with E-state index < -0.39 is 0 Å². The zero-order valence-corrected chi connectivity index (χ0v) is 18.9. The Labute approximate surface area is 195 Å². The maximum absolute atomic E-state index is 13.8. The lowest BCUT2D eigenvalue weighted by Crippen LogP contribution is -2.55. The Balaban J connectivity index is 1.56. The molecular formula is C30H22N2O2. The van der Waals surface area contributed by atoms with Crippen LogP contribution in [0, 0.1) is 5.92 Å². The first-order valence-electron chi connectivity index (χ1n) is 11.6. The summed E-state index contributed by atoms with van der Waals surface area (Å²) >= 11 is 0. The van der Waals surface area contributed by atoms with Gasteiger partial charge < -0.3 is 9.47 Å². The van der Waals surface area contributed by atoms with Gasteiger partial charge in [-0.25, -0.2) is 0 Å². The fourth-order valence-corrected chi connectivity index (χ4v) is 6.01. The molecule has 0 saturated carbocycles. The average molecular weight is 443 g/mol. The largest absolute Gasteiger partial charge is 0.366 e. The number of fused-ring (bicyclic) bond motifs is 8. The molecule has 2 aliphatic rings.